The van der Waals surface area contributed by atoms with Gasteiger partial charge in [-0.1, -0.05) is 18.2 Å². The minimum Gasteiger partial charge on any atom is -0.365 e. The molecule has 0 fully saturated rings. The lowest BCUT2D eigenvalue weighted by Crippen LogP contribution is -2.26. The van der Waals surface area contributed by atoms with Gasteiger partial charge in [-0.15, -0.1) is 11.3 Å². The number of nitrogens with one attached hydrogen (secondary N) is 1. The summed E-state index contributed by atoms with van der Waals surface area (Å²) in [5.74, 6) is -0.975. The minimum absolute atomic E-state index is 0.0739. The fourth-order valence-electron chi connectivity index (χ4n) is 3.80. The molecule has 2 amide bonds. The quantitative estimate of drug-likeness (QED) is 0.572. The molecule has 1 heterocycles. The van der Waals surface area contributed by atoms with Crippen molar-refractivity contribution in [3.05, 3.63) is 76.2 Å². The van der Waals surface area contributed by atoms with Gasteiger partial charge in [-0.2, -0.15) is 0 Å². The number of rotatable bonds is 6. The number of carbonyl (C=O) groups excluding carboxylic acids is 2. The molecule has 2 aromatic carbocycles. The molecule has 0 unspecified atom stereocenters. The van der Waals surface area contributed by atoms with Crippen LogP contribution in [-0.4, -0.2) is 27.3 Å². The first-order valence-electron chi connectivity index (χ1n) is 10.2. The number of para-hydroxylation sites is 1. The van der Waals surface area contributed by atoms with Crippen LogP contribution in [0.25, 0.3) is 0 Å². The van der Waals surface area contributed by atoms with Gasteiger partial charge in [0.2, 0.25) is 0 Å². The van der Waals surface area contributed by atoms with Crippen LogP contribution in [0, 0.1) is 0 Å². The topological polar surface area (TPSA) is 110 Å². The van der Waals surface area contributed by atoms with Gasteiger partial charge in [-0.25, -0.2) is 8.42 Å². The molecule has 4 rings (SSSR count). The van der Waals surface area contributed by atoms with Gasteiger partial charge >= 0.3 is 0 Å². The first kappa shape index (κ1) is 22.0. The van der Waals surface area contributed by atoms with E-state index in [1.165, 1.54) is 47.0 Å². The van der Waals surface area contributed by atoms with E-state index in [-0.39, 0.29) is 10.5 Å². The molecule has 1 aromatic heterocycles. The number of benzene rings is 2. The van der Waals surface area contributed by atoms with E-state index in [0.717, 1.165) is 36.1 Å². The molecule has 1 aliphatic carbocycles. The van der Waals surface area contributed by atoms with E-state index in [0.29, 0.717) is 16.3 Å². The predicted octanol–water partition coefficient (Wildman–Crippen LogP) is 3.80. The molecule has 1 aliphatic rings. The molecular formula is C23H23N3O4S2. The molecule has 0 bridgehead atoms. The van der Waals surface area contributed by atoms with Crippen LogP contribution in [0.15, 0.2) is 59.5 Å². The first-order valence-corrected chi connectivity index (χ1v) is 12.4. The molecule has 0 spiro atoms. The largest absolute Gasteiger partial charge is 0.365 e. The van der Waals surface area contributed by atoms with Crippen LogP contribution in [0.3, 0.4) is 0 Å². The molecule has 0 aliphatic heterocycles. The van der Waals surface area contributed by atoms with Crippen molar-refractivity contribution in [2.45, 2.75) is 30.6 Å². The average Bonchev–Trinajstić information content (AvgIpc) is 3.17. The molecule has 0 saturated carbocycles. The highest BCUT2D eigenvalue weighted by Gasteiger charge is 2.26. The smallest absolute Gasteiger partial charge is 0.264 e. The van der Waals surface area contributed by atoms with Crippen molar-refractivity contribution in [3.63, 3.8) is 0 Å². The van der Waals surface area contributed by atoms with Gasteiger partial charge in [0.1, 0.15) is 5.00 Å². The van der Waals surface area contributed by atoms with E-state index in [2.05, 4.69) is 5.32 Å². The molecule has 9 heteroatoms. The number of amides is 2. The number of thiophene rings is 1. The average molecular weight is 470 g/mol. The number of sulfonamides is 1. The summed E-state index contributed by atoms with van der Waals surface area (Å²) in [5, 5.41) is 3.24. The van der Waals surface area contributed by atoms with Crippen LogP contribution in [0.4, 0.5) is 10.7 Å². The lowest BCUT2D eigenvalue weighted by atomic mass is 9.95. The van der Waals surface area contributed by atoms with Gasteiger partial charge < -0.3 is 11.1 Å². The molecule has 32 heavy (non-hydrogen) atoms. The third-order valence-electron chi connectivity index (χ3n) is 5.54. The lowest BCUT2D eigenvalue weighted by molar-refractivity contribution is 0.100. The number of primary amides is 1. The zero-order valence-electron chi connectivity index (χ0n) is 17.5. The third kappa shape index (κ3) is 4.13. The summed E-state index contributed by atoms with van der Waals surface area (Å²) in [6.45, 7) is 0. The van der Waals surface area contributed by atoms with Crippen LogP contribution in [0.2, 0.25) is 0 Å². The SMILES string of the molecule is CN(c1ccccc1)S(=O)(=O)c1ccc(C(=O)Nc2sc3c(c2C(N)=O)CCCC3)cc1. The monoisotopic (exact) mass is 469 g/mol. The van der Waals surface area contributed by atoms with Crippen molar-refractivity contribution < 1.29 is 18.0 Å². The van der Waals surface area contributed by atoms with Crippen LogP contribution < -0.4 is 15.4 Å². The summed E-state index contributed by atoms with van der Waals surface area (Å²) in [7, 11) is -2.29. The summed E-state index contributed by atoms with van der Waals surface area (Å²) in [6, 6.07) is 14.5. The van der Waals surface area contributed by atoms with Crippen molar-refractivity contribution in [2.75, 3.05) is 16.7 Å². The zero-order chi connectivity index (χ0) is 22.9. The van der Waals surface area contributed by atoms with E-state index in [4.69, 9.17) is 5.73 Å². The van der Waals surface area contributed by atoms with E-state index in [1.54, 1.807) is 24.3 Å². The predicted molar refractivity (Wildman–Crippen MR) is 126 cm³/mol. The molecule has 0 atom stereocenters. The number of aryl methyl sites for hydroxylation is 1. The Kier molecular flexibility index (Phi) is 6.03. The molecular weight excluding hydrogens is 446 g/mol. The maximum Gasteiger partial charge on any atom is 0.264 e. The molecule has 3 N–H and O–H groups in total. The minimum atomic E-state index is -3.77. The van der Waals surface area contributed by atoms with Crippen molar-refractivity contribution in [1.29, 1.82) is 0 Å². The van der Waals surface area contributed by atoms with Gasteiger partial charge in [-0.05, 0) is 67.6 Å². The highest BCUT2D eigenvalue weighted by molar-refractivity contribution is 7.92. The van der Waals surface area contributed by atoms with E-state index < -0.39 is 21.8 Å². The van der Waals surface area contributed by atoms with Crippen molar-refractivity contribution in [3.8, 4) is 0 Å². The fraction of sp³-hybridized carbons (Fsp3) is 0.217. The van der Waals surface area contributed by atoms with Crippen LogP contribution >= 0.6 is 11.3 Å². The Bertz CT molecular complexity index is 1270. The van der Waals surface area contributed by atoms with Crippen molar-refractivity contribution >= 4 is 43.9 Å². The summed E-state index contributed by atoms with van der Waals surface area (Å²) < 4.78 is 27.0. The Hall–Kier alpha value is -3.17. The maximum atomic E-state index is 12.9. The number of carbonyl (C=O) groups is 2. The number of hydrogen-bond donors (Lipinski definition) is 2. The second-order valence-corrected chi connectivity index (χ2v) is 10.6. The van der Waals surface area contributed by atoms with Gasteiger partial charge in [-0.3, -0.25) is 13.9 Å². The third-order valence-corrected chi connectivity index (χ3v) is 8.55. The number of nitrogens with two attached hydrogens (primary N) is 1. The molecule has 7 nitrogen and oxygen atoms in total. The fourth-order valence-corrected chi connectivity index (χ4v) is 6.29. The normalized spacial score (nSPS) is 13.3. The summed E-state index contributed by atoms with van der Waals surface area (Å²) >= 11 is 1.39. The van der Waals surface area contributed by atoms with Crippen molar-refractivity contribution in [1.82, 2.24) is 0 Å². The maximum absolute atomic E-state index is 12.9. The lowest BCUT2D eigenvalue weighted by Gasteiger charge is -2.19. The summed E-state index contributed by atoms with van der Waals surface area (Å²) in [6.07, 6.45) is 3.69. The Morgan fingerprint density at radius 2 is 1.66 bits per heavy atom. The summed E-state index contributed by atoms with van der Waals surface area (Å²) in [5.41, 5.74) is 7.74. The van der Waals surface area contributed by atoms with Gasteiger partial charge in [0.25, 0.3) is 21.8 Å². The van der Waals surface area contributed by atoms with Crippen molar-refractivity contribution in [2.24, 2.45) is 5.73 Å². The second-order valence-electron chi connectivity index (χ2n) is 7.57. The van der Waals surface area contributed by atoms with E-state index in [9.17, 15) is 18.0 Å². The molecule has 166 valence electrons. The first-order chi connectivity index (χ1) is 15.3. The van der Waals surface area contributed by atoms with Crippen LogP contribution in [0.5, 0.6) is 0 Å². The molecule has 0 radical (unpaired) electrons. The Morgan fingerprint density at radius 1 is 1.00 bits per heavy atom. The number of fused-ring (bicyclic) bond motifs is 1. The highest BCUT2D eigenvalue weighted by atomic mass is 32.2. The highest BCUT2D eigenvalue weighted by Crippen LogP contribution is 2.38. The number of nitrogens with zero attached hydrogens (tertiary/aromatic N) is 1. The standard InChI is InChI=1S/C23H23N3O4S2/c1-26(16-7-3-2-4-8-16)32(29,30)17-13-11-15(12-14-17)22(28)25-23-20(21(24)27)18-9-5-6-10-19(18)31-23/h2-4,7-8,11-14H,5-6,9-10H2,1H3,(H2,24,27)(H,25,28). The summed E-state index contributed by atoms with van der Waals surface area (Å²) in [4.78, 5) is 26.0. The van der Waals surface area contributed by atoms with E-state index in [1.807, 2.05) is 6.07 Å². The number of anilines is 2. The Morgan fingerprint density at radius 3 is 2.31 bits per heavy atom. The molecule has 0 saturated heterocycles. The zero-order valence-corrected chi connectivity index (χ0v) is 19.1. The Balaban J connectivity index is 1.56. The van der Waals surface area contributed by atoms with E-state index >= 15 is 0 Å². The Labute approximate surface area is 190 Å². The molecule has 3 aromatic rings. The van der Waals surface area contributed by atoms with Gasteiger partial charge in [0.05, 0.1) is 16.1 Å². The van der Waals surface area contributed by atoms with Gasteiger partial charge in [0.15, 0.2) is 0 Å². The van der Waals surface area contributed by atoms with Crippen LogP contribution in [0.1, 0.15) is 44.0 Å². The van der Waals surface area contributed by atoms with Gasteiger partial charge in [0, 0.05) is 17.5 Å². The van der Waals surface area contributed by atoms with Crippen LogP contribution in [-0.2, 0) is 22.9 Å². The number of hydrogen-bond acceptors (Lipinski definition) is 5. The second kappa shape index (κ2) is 8.76.